The predicted octanol–water partition coefficient (Wildman–Crippen LogP) is 3.35. The van der Waals surface area contributed by atoms with Crippen molar-refractivity contribution in [1.29, 1.82) is 0 Å². The summed E-state index contributed by atoms with van der Waals surface area (Å²) in [7, 11) is 3.26. The lowest BCUT2D eigenvalue weighted by molar-refractivity contribution is -0.338. The van der Waals surface area contributed by atoms with E-state index in [0.717, 1.165) is 22.6 Å². The molecule has 0 aromatic heterocycles. The van der Waals surface area contributed by atoms with Crippen LogP contribution in [-0.4, -0.2) is 31.2 Å². The Bertz CT molecular complexity index is 676. The molecule has 0 radical (unpaired) electrons. The van der Waals surface area contributed by atoms with Crippen molar-refractivity contribution in [1.82, 2.24) is 4.90 Å². The smallest absolute Gasteiger partial charge is 0.126 e. The highest BCUT2D eigenvalue weighted by Gasteiger charge is 2.20. The number of rotatable bonds is 6. The van der Waals surface area contributed by atoms with Crippen molar-refractivity contribution >= 4 is 5.57 Å². The lowest BCUT2D eigenvalue weighted by Gasteiger charge is -2.40. The molecule has 24 heavy (non-hydrogen) atoms. The summed E-state index contributed by atoms with van der Waals surface area (Å²) in [6.07, 6.45) is 5.72. The maximum Gasteiger partial charge on any atom is 0.126 e. The molecule has 0 N–H and O–H groups in total. The van der Waals surface area contributed by atoms with Crippen molar-refractivity contribution in [2.75, 3.05) is 14.2 Å². The molecule has 1 aromatic carbocycles. The topological polar surface area (TPSA) is 44.8 Å². The molecule has 4 heteroatoms. The van der Waals surface area contributed by atoms with E-state index in [1.54, 1.807) is 14.2 Å². The molecule has 0 bridgehead atoms. The summed E-state index contributed by atoms with van der Waals surface area (Å²) >= 11 is 0. The molecule has 0 aliphatic heterocycles. The van der Waals surface area contributed by atoms with Gasteiger partial charge in [-0.15, -0.1) is 0 Å². The number of ether oxygens (including phenoxy) is 2. The molecule has 0 fully saturated rings. The Kier molecular flexibility index (Phi) is 5.60. The summed E-state index contributed by atoms with van der Waals surface area (Å²) in [6.45, 7) is 8.14. The van der Waals surface area contributed by atoms with Crippen LogP contribution >= 0.6 is 0 Å². The van der Waals surface area contributed by atoms with E-state index in [9.17, 15) is 5.11 Å². The number of methoxy groups -OCH3 is 2. The highest BCUT2D eigenvalue weighted by Crippen LogP contribution is 2.38. The van der Waals surface area contributed by atoms with E-state index in [0.29, 0.717) is 5.57 Å². The fraction of sp³-hybridized carbons (Fsp3) is 0.400. The molecule has 130 valence electrons. The van der Waals surface area contributed by atoms with Gasteiger partial charge in [-0.2, -0.15) is 0 Å². The maximum atomic E-state index is 13.1. The first-order chi connectivity index (χ1) is 11.4. The van der Waals surface area contributed by atoms with Crippen LogP contribution in [0.1, 0.15) is 33.3 Å². The van der Waals surface area contributed by atoms with Crippen LogP contribution in [0, 0.1) is 0 Å². The van der Waals surface area contributed by atoms with Crippen LogP contribution in [-0.2, 0) is 0 Å². The molecule has 0 saturated carbocycles. The van der Waals surface area contributed by atoms with Crippen molar-refractivity contribution in [3.63, 3.8) is 0 Å². The summed E-state index contributed by atoms with van der Waals surface area (Å²) in [5.41, 5.74) is 2.41. The van der Waals surface area contributed by atoms with Gasteiger partial charge >= 0.3 is 0 Å². The fourth-order valence-corrected chi connectivity index (χ4v) is 3.07. The van der Waals surface area contributed by atoms with Gasteiger partial charge in [0.25, 0.3) is 0 Å². The molecule has 4 nitrogen and oxygen atoms in total. The molecule has 1 aromatic rings. The van der Waals surface area contributed by atoms with Crippen LogP contribution in [0.25, 0.3) is 5.57 Å². The lowest BCUT2D eigenvalue weighted by Crippen LogP contribution is -2.41. The Labute approximate surface area is 144 Å². The molecule has 0 heterocycles. The first-order valence-electron chi connectivity index (χ1n) is 8.21. The first kappa shape index (κ1) is 18.0. The summed E-state index contributed by atoms with van der Waals surface area (Å²) in [5.74, 6) is 1.48. The Morgan fingerprint density at radius 2 is 1.71 bits per heavy atom. The lowest BCUT2D eigenvalue weighted by atomic mass is 9.99. The van der Waals surface area contributed by atoms with Crippen LogP contribution in [0.5, 0.6) is 11.5 Å². The number of hydrogen-bond acceptors (Lipinski definition) is 4. The highest BCUT2D eigenvalue weighted by atomic mass is 16.5. The van der Waals surface area contributed by atoms with E-state index >= 15 is 0 Å². The van der Waals surface area contributed by atoms with Crippen LogP contribution in [0.3, 0.4) is 0 Å². The minimum Gasteiger partial charge on any atom is -0.860 e. The number of hydrogen-bond donors (Lipinski definition) is 0. The molecule has 2 rings (SSSR count). The Morgan fingerprint density at radius 1 is 1.04 bits per heavy atom. The van der Waals surface area contributed by atoms with E-state index in [1.807, 2.05) is 69.0 Å². The second-order valence-electron chi connectivity index (χ2n) is 6.32. The van der Waals surface area contributed by atoms with Gasteiger partial charge in [0.2, 0.25) is 0 Å². The van der Waals surface area contributed by atoms with Gasteiger partial charge < -0.3 is 19.5 Å². The average molecular weight is 328 g/mol. The standard InChI is InChI=1S/C20H27NO3/c1-13(2)21(14(3)4)20(22)17-9-7-8-16(17)18-12-15(23-5)10-11-19(18)24-6/h7-14,22H,1-6H3/p-1/b20-17-. The summed E-state index contributed by atoms with van der Waals surface area (Å²) < 4.78 is 10.8. The van der Waals surface area contributed by atoms with Gasteiger partial charge in [-0.3, -0.25) is 0 Å². The summed E-state index contributed by atoms with van der Waals surface area (Å²) in [6, 6.07) is 5.87. The second kappa shape index (κ2) is 7.47. The molecule has 0 unspecified atom stereocenters. The Balaban J connectivity index is 2.54. The zero-order valence-corrected chi connectivity index (χ0v) is 15.3. The first-order valence-corrected chi connectivity index (χ1v) is 8.21. The minimum atomic E-state index is 0.0323. The zero-order valence-electron chi connectivity index (χ0n) is 15.3. The molecule has 0 atom stereocenters. The van der Waals surface area contributed by atoms with Gasteiger partial charge in [-0.05, 0) is 62.9 Å². The van der Waals surface area contributed by atoms with Crippen molar-refractivity contribution in [2.24, 2.45) is 0 Å². The van der Waals surface area contributed by atoms with E-state index < -0.39 is 0 Å². The van der Waals surface area contributed by atoms with Crippen LogP contribution in [0.2, 0.25) is 0 Å². The van der Waals surface area contributed by atoms with E-state index in [-0.39, 0.29) is 18.0 Å². The van der Waals surface area contributed by atoms with Gasteiger partial charge in [-0.1, -0.05) is 18.2 Å². The largest absolute Gasteiger partial charge is 0.860 e. The maximum absolute atomic E-state index is 13.1. The third-order valence-corrected chi connectivity index (χ3v) is 4.09. The van der Waals surface area contributed by atoms with Gasteiger partial charge in [0.1, 0.15) is 11.5 Å². The van der Waals surface area contributed by atoms with Crippen molar-refractivity contribution in [3.05, 3.63) is 53.4 Å². The highest BCUT2D eigenvalue weighted by molar-refractivity contribution is 5.89. The van der Waals surface area contributed by atoms with E-state index in [1.165, 1.54) is 0 Å². The molecule has 0 spiro atoms. The van der Waals surface area contributed by atoms with Gasteiger partial charge in [0.15, 0.2) is 0 Å². The average Bonchev–Trinajstić information content (AvgIpc) is 3.02. The minimum absolute atomic E-state index is 0.0323. The number of nitrogens with zero attached hydrogens (tertiary/aromatic N) is 1. The summed E-state index contributed by atoms with van der Waals surface area (Å²) in [5, 5.41) is 13.1. The molecular weight excluding hydrogens is 302 g/mol. The van der Waals surface area contributed by atoms with Crippen LogP contribution in [0.15, 0.2) is 47.9 Å². The normalized spacial score (nSPS) is 15.8. The molecule has 0 saturated heterocycles. The van der Waals surface area contributed by atoms with Gasteiger partial charge in [-0.25, -0.2) is 0 Å². The number of benzene rings is 1. The molecule has 0 amide bonds. The molecule has 1 aliphatic carbocycles. The quantitative estimate of drug-likeness (QED) is 0.751. The van der Waals surface area contributed by atoms with Gasteiger partial charge in [0, 0.05) is 17.6 Å². The van der Waals surface area contributed by atoms with Crippen molar-refractivity contribution in [3.8, 4) is 11.5 Å². The van der Waals surface area contributed by atoms with Crippen LogP contribution in [0.4, 0.5) is 0 Å². The van der Waals surface area contributed by atoms with Crippen LogP contribution < -0.4 is 14.6 Å². The van der Waals surface area contributed by atoms with Gasteiger partial charge in [0.05, 0.1) is 14.2 Å². The fourth-order valence-electron chi connectivity index (χ4n) is 3.07. The Hall–Kier alpha value is -2.36. The zero-order chi connectivity index (χ0) is 17.9. The second-order valence-corrected chi connectivity index (χ2v) is 6.32. The van der Waals surface area contributed by atoms with E-state index in [2.05, 4.69) is 0 Å². The van der Waals surface area contributed by atoms with E-state index in [4.69, 9.17) is 9.47 Å². The monoisotopic (exact) mass is 328 g/mol. The number of allylic oxidation sites excluding steroid dienone is 5. The predicted molar refractivity (Wildman–Crippen MR) is 95.8 cm³/mol. The molecular formula is C20H26NO3-. The third kappa shape index (κ3) is 3.42. The van der Waals surface area contributed by atoms with Crippen molar-refractivity contribution in [2.45, 2.75) is 39.8 Å². The Morgan fingerprint density at radius 3 is 2.25 bits per heavy atom. The van der Waals surface area contributed by atoms with Crippen molar-refractivity contribution < 1.29 is 14.6 Å². The molecule has 1 aliphatic rings. The third-order valence-electron chi connectivity index (χ3n) is 4.09. The SMILES string of the molecule is COc1ccc(OC)c(C2=CC=C/C2=C(/[O-])N(C(C)C)C(C)C)c1. The summed E-state index contributed by atoms with van der Waals surface area (Å²) in [4.78, 5) is 1.89.